The lowest BCUT2D eigenvalue weighted by atomic mass is 10.3. The van der Waals surface area contributed by atoms with Crippen LogP contribution in [0.3, 0.4) is 0 Å². The zero-order chi connectivity index (χ0) is 18.5. The molecule has 0 spiro atoms. The molecule has 0 saturated carbocycles. The van der Waals surface area contributed by atoms with Gasteiger partial charge < -0.3 is 15.4 Å². The van der Waals surface area contributed by atoms with Crippen LogP contribution < -0.4 is 15.4 Å². The lowest BCUT2D eigenvalue weighted by Crippen LogP contribution is -2.02. The van der Waals surface area contributed by atoms with Gasteiger partial charge in [0.1, 0.15) is 11.6 Å². The molecule has 0 radical (unpaired) electrons. The quantitative estimate of drug-likeness (QED) is 0.543. The molecule has 0 saturated heterocycles. The van der Waals surface area contributed by atoms with Crippen molar-refractivity contribution in [2.24, 2.45) is 0 Å². The van der Waals surface area contributed by atoms with Crippen LogP contribution >= 0.6 is 23.2 Å². The minimum absolute atomic E-state index is 0.455. The highest BCUT2D eigenvalue weighted by Gasteiger charge is 2.05. The minimum atomic E-state index is 0.455. The van der Waals surface area contributed by atoms with Gasteiger partial charge in [-0.2, -0.15) is 4.98 Å². The molecule has 0 amide bonds. The summed E-state index contributed by atoms with van der Waals surface area (Å²) in [6, 6.07) is 14.8. The topological polar surface area (TPSA) is 59.1 Å². The fourth-order valence-corrected chi connectivity index (χ4v) is 2.92. The van der Waals surface area contributed by atoms with E-state index < -0.39 is 0 Å². The molecular weight excluding hydrogens is 371 g/mol. The lowest BCUT2D eigenvalue weighted by Gasteiger charge is -2.11. The van der Waals surface area contributed by atoms with Gasteiger partial charge in [-0.15, -0.1) is 0 Å². The van der Waals surface area contributed by atoms with E-state index in [1.165, 1.54) is 0 Å². The number of ether oxygens (including phenoxy) is 1. The SMILES string of the molecule is CCOc1ccc(Nc2cc(C)nc(Nc3cc(Cl)cc(Cl)c3)n2)cc1. The largest absolute Gasteiger partial charge is 0.494 e. The maximum atomic E-state index is 6.03. The Bertz CT molecular complexity index is 880. The molecule has 1 heterocycles. The molecule has 0 aliphatic heterocycles. The van der Waals surface area contributed by atoms with Gasteiger partial charge >= 0.3 is 0 Å². The number of rotatable bonds is 6. The van der Waals surface area contributed by atoms with Crippen LogP contribution in [0.25, 0.3) is 0 Å². The van der Waals surface area contributed by atoms with E-state index in [4.69, 9.17) is 27.9 Å². The van der Waals surface area contributed by atoms with Crippen molar-refractivity contribution in [1.82, 2.24) is 9.97 Å². The molecule has 3 aromatic rings. The standard InChI is InChI=1S/C19H18Cl2N4O/c1-3-26-17-6-4-15(5-7-17)23-18-8-12(2)22-19(25-18)24-16-10-13(20)9-14(21)11-16/h4-11H,3H2,1-2H3,(H2,22,23,24,25). The lowest BCUT2D eigenvalue weighted by molar-refractivity contribution is 0.340. The molecule has 5 nitrogen and oxygen atoms in total. The first kappa shape index (κ1) is 18.3. The Kier molecular flexibility index (Phi) is 5.81. The van der Waals surface area contributed by atoms with E-state index in [0.717, 1.165) is 22.8 Å². The van der Waals surface area contributed by atoms with E-state index in [-0.39, 0.29) is 0 Å². The molecule has 0 atom stereocenters. The molecule has 0 fully saturated rings. The van der Waals surface area contributed by atoms with Crippen molar-refractivity contribution in [3.05, 3.63) is 64.3 Å². The van der Waals surface area contributed by atoms with Gasteiger partial charge in [0, 0.05) is 33.2 Å². The van der Waals surface area contributed by atoms with Crippen LogP contribution in [-0.4, -0.2) is 16.6 Å². The van der Waals surface area contributed by atoms with Crippen LogP contribution in [0, 0.1) is 6.92 Å². The molecular formula is C19H18Cl2N4O. The summed E-state index contributed by atoms with van der Waals surface area (Å²) in [6.45, 7) is 4.50. The third kappa shape index (κ3) is 5.00. The highest BCUT2D eigenvalue weighted by Crippen LogP contribution is 2.25. The maximum Gasteiger partial charge on any atom is 0.229 e. The second-order valence-corrected chi connectivity index (χ2v) is 6.46. The van der Waals surface area contributed by atoms with Gasteiger partial charge in [0.05, 0.1) is 6.61 Å². The van der Waals surface area contributed by atoms with Crippen LogP contribution in [0.2, 0.25) is 10.0 Å². The molecule has 0 aliphatic rings. The van der Waals surface area contributed by atoms with E-state index >= 15 is 0 Å². The average Bonchev–Trinajstić information content (AvgIpc) is 2.55. The Morgan fingerprint density at radius 2 is 1.58 bits per heavy atom. The molecule has 2 aromatic carbocycles. The van der Waals surface area contributed by atoms with E-state index in [9.17, 15) is 0 Å². The van der Waals surface area contributed by atoms with Crippen molar-refractivity contribution >= 4 is 46.3 Å². The number of aryl methyl sites for hydroxylation is 1. The zero-order valence-corrected chi connectivity index (χ0v) is 15.9. The molecule has 0 aliphatic carbocycles. The number of anilines is 4. The Morgan fingerprint density at radius 3 is 2.23 bits per heavy atom. The highest BCUT2D eigenvalue weighted by atomic mass is 35.5. The first-order valence-corrected chi connectivity index (χ1v) is 8.86. The van der Waals surface area contributed by atoms with E-state index in [1.54, 1.807) is 18.2 Å². The molecule has 26 heavy (non-hydrogen) atoms. The number of hydrogen-bond acceptors (Lipinski definition) is 5. The predicted octanol–water partition coefficient (Wildman–Crippen LogP) is 5.98. The predicted molar refractivity (Wildman–Crippen MR) is 107 cm³/mol. The second-order valence-electron chi connectivity index (χ2n) is 5.58. The van der Waals surface area contributed by atoms with Gasteiger partial charge in [0.2, 0.25) is 5.95 Å². The van der Waals surface area contributed by atoms with Gasteiger partial charge in [0.25, 0.3) is 0 Å². The van der Waals surface area contributed by atoms with E-state index in [0.29, 0.717) is 28.4 Å². The Hall–Kier alpha value is -2.50. The number of nitrogens with zero attached hydrogens (tertiary/aromatic N) is 2. The van der Waals surface area contributed by atoms with Crippen LogP contribution in [-0.2, 0) is 0 Å². The molecule has 134 valence electrons. The van der Waals surface area contributed by atoms with Crippen molar-refractivity contribution in [2.75, 3.05) is 17.2 Å². The molecule has 2 N–H and O–H groups in total. The first-order chi connectivity index (χ1) is 12.5. The molecule has 0 bridgehead atoms. The Labute approximate surface area is 162 Å². The maximum absolute atomic E-state index is 6.03. The van der Waals surface area contributed by atoms with E-state index in [2.05, 4.69) is 20.6 Å². The summed E-state index contributed by atoms with van der Waals surface area (Å²) >= 11 is 12.1. The first-order valence-electron chi connectivity index (χ1n) is 8.10. The van der Waals surface area contributed by atoms with Gasteiger partial charge in [-0.05, 0) is 56.3 Å². The zero-order valence-electron chi connectivity index (χ0n) is 14.4. The molecule has 3 rings (SSSR count). The summed E-state index contributed by atoms with van der Waals surface area (Å²) in [7, 11) is 0. The van der Waals surface area contributed by atoms with Gasteiger partial charge in [-0.1, -0.05) is 23.2 Å². The van der Waals surface area contributed by atoms with Crippen molar-refractivity contribution in [2.45, 2.75) is 13.8 Å². The van der Waals surface area contributed by atoms with Crippen LogP contribution in [0.1, 0.15) is 12.6 Å². The van der Waals surface area contributed by atoms with E-state index in [1.807, 2.05) is 44.2 Å². The number of nitrogens with one attached hydrogen (secondary N) is 2. The molecule has 7 heteroatoms. The van der Waals surface area contributed by atoms with Gasteiger partial charge in [0.15, 0.2) is 0 Å². The van der Waals surface area contributed by atoms with Crippen molar-refractivity contribution in [1.29, 1.82) is 0 Å². The summed E-state index contributed by atoms with van der Waals surface area (Å²) in [5.74, 6) is 1.96. The Morgan fingerprint density at radius 1 is 0.885 bits per heavy atom. The van der Waals surface area contributed by atoms with Crippen molar-refractivity contribution in [3.8, 4) is 5.75 Å². The van der Waals surface area contributed by atoms with Crippen molar-refractivity contribution in [3.63, 3.8) is 0 Å². The summed E-state index contributed by atoms with van der Waals surface area (Å²) in [5, 5.41) is 7.48. The fraction of sp³-hybridized carbons (Fsp3) is 0.158. The summed E-state index contributed by atoms with van der Waals surface area (Å²) in [4.78, 5) is 8.89. The molecule has 0 unspecified atom stereocenters. The average molecular weight is 389 g/mol. The minimum Gasteiger partial charge on any atom is -0.494 e. The third-order valence-electron chi connectivity index (χ3n) is 3.41. The normalized spacial score (nSPS) is 10.5. The monoisotopic (exact) mass is 388 g/mol. The molecule has 1 aromatic heterocycles. The number of halogens is 2. The summed E-state index contributed by atoms with van der Waals surface area (Å²) < 4.78 is 5.45. The number of hydrogen-bond donors (Lipinski definition) is 2. The third-order valence-corrected chi connectivity index (χ3v) is 3.85. The fourth-order valence-electron chi connectivity index (χ4n) is 2.39. The summed E-state index contributed by atoms with van der Waals surface area (Å²) in [6.07, 6.45) is 0. The van der Waals surface area contributed by atoms with Crippen LogP contribution in [0.5, 0.6) is 5.75 Å². The van der Waals surface area contributed by atoms with Crippen LogP contribution in [0.15, 0.2) is 48.5 Å². The van der Waals surface area contributed by atoms with Gasteiger partial charge in [-0.25, -0.2) is 4.98 Å². The Balaban J connectivity index is 1.78. The van der Waals surface area contributed by atoms with Gasteiger partial charge in [-0.3, -0.25) is 0 Å². The number of aromatic nitrogens is 2. The second kappa shape index (κ2) is 8.25. The van der Waals surface area contributed by atoms with Crippen molar-refractivity contribution < 1.29 is 4.74 Å². The van der Waals surface area contributed by atoms with Crippen LogP contribution in [0.4, 0.5) is 23.1 Å². The highest BCUT2D eigenvalue weighted by molar-refractivity contribution is 6.35. The smallest absolute Gasteiger partial charge is 0.229 e. The number of benzene rings is 2. The summed E-state index contributed by atoms with van der Waals surface area (Å²) in [5.41, 5.74) is 2.45.